The van der Waals surface area contributed by atoms with Crippen LogP contribution in [0, 0.1) is 0 Å². The second-order valence-corrected chi connectivity index (χ2v) is 16.5. The normalized spacial score (nSPS) is 20.1. The van der Waals surface area contributed by atoms with Crippen LogP contribution in [-0.4, -0.2) is 48.8 Å². The third kappa shape index (κ3) is 4.97. The van der Waals surface area contributed by atoms with Gasteiger partial charge in [0.15, 0.2) is 0 Å². The summed E-state index contributed by atoms with van der Waals surface area (Å²) in [6.45, 7) is 2.55. The predicted molar refractivity (Wildman–Crippen MR) is 188 cm³/mol. The van der Waals surface area contributed by atoms with Crippen molar-refractivity contribution < 1.29 is 52.7 Å². The number of rotatable bonds is 8. The zero-order chi connectivity index (χ0) is 38.5. The molecule has 0 bridgehead atoms. The van der Waals surface area contributed by atoms with E-state index in [0.717, 1.165) is 12.1 Å². The second-order valence-electron chi connectivity index (χ2n) is 12.7. The molecule has 0 saturated carbocycles. The van der Waals surface area contributed by atoms with E-state index in [1.165, 1.54) is 52.3 Å². The molecule has 4 aromatic carbocycles. The van der Waals surface area contributed by atoms with Crippen molar-refractivity contribution in [3.05, 3.63) is 117 Å². The van der Waals surface area contributed by atoms with Gasteiger partial charge < -0.3 is 9.47 Å². The van der Waals surface area contributed by atoms with Crippen LogP contribution in [0.15, 0.2) is 116 Å². The molecule has 276 valence electrons. The van der Waals surface area contributed by atoms with Crippen LogP contribution in [0.1, 0.15) is 37.8 Å². The van der Waals surface area contributed by atoms with E-state index in [1.807, 2.05) is 0 Å². The molecule has 0 N–H and O–H groups in total. The van der Waals surface area contributed by atoms with Gasteiger partial charge in [-0.15, -0.1) is 0 Å². The highest BCUT2D eigenvalue weighted by Crippen LogP contribution is 2.67. The van der Waals surface area contributed by atoms with Gasteiger partial charge in [0.1, 0.15) is 11.5 Å². The summed E-state index contributed by atoms with van der Waals surface area (Å²) in [5, 5.41) is 0. The van der Waals surface area contributed by atoms with Crippen LogP contribution in [0.3, 0.4) is 0 Å². The Balaban J connectivity index is 1.52. The van der Waals surface area contributed by atoms with Gasteiger partial charge in [-0.05, 0) is 71.5 Å². The van der Waals surface area contributed by atoms with E-state index < -0.39 is 103 Å². The quantitative estimate of drug-likeness (QED) is 0.166. The Hall–Kier alpha value is -4.82. The van der Waals surface area contributed by atoms with E-state index in [9.17, 15) is 16.8 Å². The lowest BCUT2D eigenvalue weighted by Crippen LogP contribution is -2.49. The number of benzene rings is 4. The van der Waals surface area contributed by atoms with Crippen LogP contribution in [0.2, 0.25) is 0 Å². The molecule has 7 rings (SSSR count). The number of hydrogen-bond acceptors (Lipinski definition) is 6. The maximum absolute atomic E-state index is 16.3. The van der Waals surface area contributed by atoms with Crippen LogP contribution in [0.5, 0.6) is 11.5 Å². The summed E-state index contributed by atoms with van der Waals surface area (Å²) < 4.78 is 163. The number of ether oxygens (including phenoxy) is 2. The first kappa shape index (κ1) is 36.5. The molecule has 2 heterocycles. The van der Waals surface area contributed by atoms with Crippen LogP contribution in [-0.2, 0) is 19.7 Å². The van der Waals surface area contributed by atoms with Gasteiger partial charge in [-0.3, -0.25) is 0 Å². The number of sulfone groups is 2. The molecule has 2 aliphatic heterocycles. The second kappa shape index (κ2) is 12.1. The van der Waals surface area contributed by atoms with Gasteiger partial charge in [0.2, 0.25) is 19.7 Å². The summed E-state index contributed by atoms with van der Waals surface area (Å²) >= 11 is 0. The molecule has 6 nitrogen and oxygen atoms in total. The predicted octanol–water partition coefficient (Wildman–Crippen LogP) is 9.77. The summed E-state index contributed by atoms with van der Waals surface area (Å²) in [5.41, 5.74) is -5.17. The Morgan fingerprint density at radius 3 is 1.13 bits per heavy atom. The lowest BCUT2D eigenvalue weighted by atomic mass is 9.86. The van der Waals surface area contributed by atoms with Crippen LogP contribution >= 0.6 is 0 Å². The molecule has 0 amide bonds. The summed E-state index contributed by atoms with van der Waals surface area (Å²) in [4.78, 5) is -2.61. The first-order chi connectivity index (χ1) is 24.9. The van der Waals surface area contributed by atoms with Crippen molar-refractivity contribution >= 4 is 30.8 Å². The number of fused-ring (bicyclic) bond motifs is 2. The summed E-state index contributed by atoms with van der Waals surface area (Å²) in [6, 6.07) is 20.2. The van der Waals surface area contributed by atoms with Crippen molar-refractivity contribution in [2.45, 2.75) is 54.2 Å². The van der Waals surface area contributed by atoms with Crippen molar-refractivity contribution in [1.82, 2.24) is 0 Å². The Morgan fingerprint density at radius 2 is 0.830 bits per heavy atom. The third-order valence-electron chi connectivity index (χ3n) is 9.94. The van der Waals surface area contributed by atoms with Gasteiger partial charge in [0.25, 0.3) is 0 Å². The zero-order valence-corrected chi connectivity index (χ0v) is 30.2. The van der Waals surface area contributed by atoms with Crippen LogP contribution < -0.4 is 9.47 Å². The third-order valence-corrected chi connectivity index (χ3v) is 14.1. The van der Waals surface area contributed by atoms with Gasteiger partial charge in [0, 0.05) is 33.4 Å². The number of methoxy groups -OCH3 is 2. The highest BCUT2D eigenvalue weighted by atomic mass is 32.2. The molecule has 3 aliphatic rings. The maximum Gasteiger partial charge on any atom is 0.380 e. The smallest absolute Gasteiger partial charge is 0.380 e. The Labute approximate surface area is 301 Å². The van der Waals surface area contributed by atoms with Gasteiger partial charge in [-0.25, -0.2) is 16.8 Å². The van der Waals surface area contributed by atoms with Gasteiger partial charge >= 0.3 is 17.8 Å². The lowest BCUT2D eigenvalue weighted by molar-refractivity contribution is -0.263. The summed E-state index contributed by atoms with van der Waals surface area (Å²) in [5.74, 6) is -16.4. The molecule has 0 unspecified atom stereocenters. The minimum absolute atomic E-state index is 0.314. The summed E-state index contributed by atoms with van der Waals surface area (Å²) in [7, 11) is -6.48. The van der Waals surface area contributed by atoms with Crippen molar-refractivity contribution in [1.29, 1.82) is 0 Å². The maximum atomic E-state index is 16.3. The Bertz CT molecular complexity index is 2360. The number of halogens is 6. The molecule has 14 heteroatoms. The monoisotopic (exact) mass is 772 g/mol. The molecule has 0 aromatic heterocycles. The number of alkyl halides is 6. The fraction of sp³-hybridized carbons (Fsp3) is 0.231. The highest BCUT2D eigenvalue weighted by molar-refractivity contribution is 7.96. The molecule has 0 spiro atoms. The van der Waals surface area contributed by atoms with E-state index in [1.54, 1.807) is 48.5 Å². The molecular formula is C39H30F6O6S2. The van der Waals surface area contributed by atoms with E-state index in [0.29, 0.717) is 33.8 Å². The molecule has 0 fully saturated rings. The van der Waals surface area contributed by atoms with Gasteiger partial charge in [-0.1, -0.05) is 62.4 Å². The average Bonchev–Trinajstić information content (AvgIpc) is 3.54. The first-order valence-electron chi connectivity index (χ1n) is 16.3. The highest BCUT2D eigenvalue weighted by Gasteiger charge is 2.81. The molecule has 4 aromatic rings. The van der Waals surface area contributed by atoms with Crippen molar-refractivity contribution in [2.75, 3.05) is 14.2 Å². The van der Waals surface area contributed by atoms with E-state index in [2.05, 4.69) is 0 Å². The average molecular weight is 773 g/mol. The minimum atomic E-state index is -6.08. The topological polar surface area (TPSA) is 86.7 Å². The fourth-order valence-electron chi connectivity index (χ4n) is 7.33. The van der Waals surface area contributed by atoms with Crippen molar-refractivity contribution in [2.24, 2.45) is 0 Å². The Kier molecular flexibility index (Phi) is 8.34. The van der Waals surface area contributed by atoms with E-state index >= 15 is 26.3 Å². The van der Waals surface area contributed by atoms with Crippen LogP contribution in [0.4, 0.5) is 26.3 Å². The Morgan fingerprint density at radius 1 is 0.509 bits per heavy atom. The summed E-state index contributed by atoms with van der Waals surface area (Å²) in [6.07, 6.45) is -1.04. The molecular weight excluding hydrogens is 743 g/mol. The van der Waals surface area contributed by atoms with Gasteiger partial charge in [-0.2, -0.15) is 26.3 Å². The van der Waals surface area contributed by atoms with Gasteiger partial charge in [0.05, 0.1) is 33.8 Å². The minimum Gasteiger partial charge on any atom is -0.497 e. The first-order valence-corrected chi connectivity index (χ1v) is 19.3. The van der Waals surface area contributed by atoms with Crippen molar-refractivity contribution in [3.8, 4) is 33.8 Å². The van der Waals surface area contributed by atoms with E-state index in [4.69, 9.17) is 9.47 Å². The SMILES string of the molecule is CCC1=C(C2=C(C3=C(CC)S(=O)(=O)c4cc(-c5ccc(OC)cc5)ccc43)C(F)(F)C(F)(F)C2(F)F)c2ccc(-c3ccc(OC)cc3)cc2S1(=O)=O. The standard InChI is InChI=1S/C39H30F6O6S2/c1-5-29-33(27-17-11-23(19-31(27)52(29,46)47)21-7-13-25(50-3)14-8-21)35-36(38(42,43)39(44,45)37(35,40)41)34-28-18-12-24(22-9-15-26(51-4)16-10-22)20-32(28)53(48,49)30(34)6-2/h7-20H,5-6H2,1-4H3. The zero-order valence-electron chi connectivity index (χ0n) is 28.5. The molecule has 53 heavy (non-hydrogen) atoms. The van der Waals surface area contributed by atoms with E-state index in [-0.39, 0.29) is 0 Å². The molecule has 1 aliphatic carbocycles. The fourth-order valence-corrected chi connectivity index (χ4v) is 11.1. The molecule has 0 radical (unpaired) electrons. The number of hydrogen-bond donors (Lipinski definition) is 0. The largest absolute Gasteiger partial charge is 0.497 e. The lowest BCUT2D eigenvalue weighted by Gasteiger charge is -2.26. The van der Waals surface area contributed by atoms with Crippen molar-refractivity contribution in [3.63, 3.8) is 0 Å². The number of allylic oxidation sites excluding steroid dienone is 6. The molecule has 0 atom stereocenters. The molecule has 0 saturated heterocycles. The van der Waals surface area contributed by atoms with Crippen LogP contribution in [0.25, 0.3) is 33.4 Å².